The molecule has 18 heavy (non-hydrogen) atoms. The maximum Gasteiger partial charge on any atom is 0.214 e. The van der Waals surface area contributed by atoms with Gasteiger partial charge in [-0.25, -0.2) is 4.98 Å². The summed E-state index contributed by atoms with van der Waals surface area (Å²) in [4.78, 5) is 4.33. The summed E-state index contributed by atoms with van der Waals surface area (Å²) in [5, 5.41) is 9.16. The molecule has 3 aromatic rings. The molecule has 0 aliphatic rings. The lowest BCUT2D eigenvalue weighted by Crippen LogP contribution is -2.02. The minimum absolute atomic E-state index is 0.458. The summed E-state index contributed by atoms with van der Waals surface area (Å²) < 4.78 is 1.95. The van der Waals surface area contributed by atoms with E-state index in [9.17, 15) is 0 Å². The molecule has 0 unspecified atom stereocenters. The van der Waals surface area contributed by atoms with Crippen LogP contribution in [0.5, 0.6) is 0 Å². The summed E-state index contributed by atoms with van der Waals surface area (Å²) in [6.45, 7) is 0.671. The van der Waals surface area contributed by atoms with Crippen LogP contribution in [0.1, 0.15) is 11.4 Å². The largest absolute Gasteiger partial charge is 0.311 e. The SMILES string of the molecule is N#Cc1nc2ccccc2n1Cc1ccccc1. The van der Waals surface area contributed by atoms with E-state index in [0.29, 0.717) is 12.4 Å². The van der Waals surface area contributed by atoms with Crippen molar-refractivity contribution in [3.05, 3.63) is 66.0 Å². The molecule has 86 valence electrons. The summed E-state index contributed by atoms with van der Waals surface area (Å²) in [6.07, 6.45) is 0. The van der Waals surface area contributed by atoms with Crippen LogP contribution in [-0.4, -0.2) is 9.55 Å². The maximum atomic E-state index is 9.16. The molecule has 1 heterocycles. The van der Waals surface area contributed by atoms with E-state index in [-0.39, 0.29) is 0 Å². The molecular formula is C15H11N3. The number of hydrogen-bond donors (Lipinski definition) is 0. The molecule has 0 aliphatic heterocycles. The van der Waals surface area contributed by atoms with Crippen LogP contribution in [-0.2, 0) is 6.54 Å². The molecule has 3 nitrogen and oxygen atoms in total. The lowest BCUT2D eigenvalue weighted by atomic mass is 10.2. The summed E-state index contributed by atoms with van der Waals surface area (Å²) >= 11 is 0. The Bertz CT molecular complexity index is 720. The van der Waals surface area contributed by atoms with Gasteiger partial charge in [-0.3, -0.25) is 0 Å². The quantitative estimate of drug-likeness (QED) is 0.682. The molecule has 0 fully saturated rings. The van der Waals surface area contributed by atoms with Gasteiger partial charge in [0.25, 0.3) is 0 Å². The maximum absolute atomic E-state index is 9.16. The van der Waals surface area contributed by atoms with Crippen molar-refractivity contribution in [3.8, 4) is 6.07 Å². The van der Waals surface area contributed by atoms with Crippen LogP contribution >= 0.6 is 0 Å². The number of rotatable bonds is 2. The van der Waals surface area contributed by atoms with E-state index in [1.54, 1.807) is 0 Å². The Morgan fingerprint density at radius 3 is 2.50 bits per heavy atom. The van der Waals surface area contributed by atoms with Gasteiger partial charge in [0.1, 0.15) is 6.07 Å². The Morgan fingerprint density at radius 1 is 1.00 bits per heavy atom. The third-order valence-corrected chi connectivity index (χ3v) is 2.94. The van der Waals surface area contributed by atoms with Crippen molar-refractivity contribution >= 4 is 11.0 Å². The van der Waals surface area contributed by atoms with Gasteiger partial charge in [0.05, 0.1) is 17.6 Å². The molecule has 0 amide bonds. The van der Waals surface area contributed by atoms with Crippen molar-refractivity contribution in [1.82, 2.24) is 9.55 Å². The first-order valence-corrected chi connectivity index (χ1v) is 5.78. The number of nitrogens with zero attached hydrogens (tertiary/aromatic N) is 3. The average molecular weight is 233 g/mol. The number of para-hydroxylation sites is 2. The first kappa shape index (κ1) is 10.5. The summed E-state index contributed by atoms with van der Waals surface area (Å²) in [5.41, 5.74) is 3.03. The highest BCUT2D eigenvalue weighted by Gasteiger charge is 2.09. The second-order valence-electron chi connectivity index (χ2n) is 4.11. The van der Waals surface area contributed by atoms with Gasteiger partial charge in [0.15, 0.2) is 0 Å². The van der Waals surface area contributed by atoms with Crippen molar-refractivity contribution in [2.45, 2.75) is 6.54 Å². The van der Waals surface area contributed by atoms with Gasteiger partial charge < -0.3 is 4.57 Å². The standard InChI is InChI=1S/C15H11N3/c16-10-15-17-13-8-4-5-9-14(13)18(15)11-12-6-2-1-3-7-12/h1-9H,11H2. The van der Waals surface area contributed by atoms with E-state index in [1.807, 2.05) is 47.0 Å². The van der Waals surface area contributed by atoms with Crippen LogP contribution in [0.25, 0.3) is 11.0 Å². The lowest BCUT2D eigenvalue weighted by molar-refractivity contribution is 0.808. The molecule has 2 aromatic carbocycles. The lowest BCUT2D eigenvalue weighted by Gasteiger charge is -2.05. The van der Waals surface area contributed by atoms with Crippen LogP contribution in [0, 0.1) is 11.3 Å². The number of benzene rings is 2. The molecule has 1 aromatic heterocycles. The fraction of sp³-hybridized carbons (Fsp3) is 0.0667. The van der Waals surface area contributed by atoms with E-state index >= 15 is 0 Å². The zero-order valence-corrected chi connectivity index (χ0v) is 9.74. The topological polar surface area (TPSA) is 41.6 Å². The molecule has 0 aliphatic carbocycles. The molecule has 0 spiro atoms. The van der Waals surface area contributed by atoms with Crippen LogP contribution < -0.4 is 0 Å². The number of nitriles is 1. The molecule has 0 radical (unpaired) electrons. The minimum atomic E-state index is 0.458. The fourth-order valence-corrected chi connectivity index (χ4v) is 2.09. The van der Waals surface area contributed by atoms with Crippen molar-refractivity contribution < 1.29 is 0 Å². The third kappa shape index (κ3) is 1.74. The van der Waals surface area contributed by atoms with Gasteiger partial charge in [-0.05, 0) is 17.7 Å². The van der Waals surface area contributed by atoms with E-state index in [4.69, 9.17) is 5.26 Å². The molecule has 3 heteroatoms. The number of fused-ring (bicyclic) bond motifs is 1. The Morgan fingerprint density at radius 2 is 1.72 bits per heavy atom. The van der Waals surface area contributed by atoms with E-state index in [2.05, 4.69) is 23.2 Å². The molecular weight excluding hydrogens is 222 g/mol. The van der Waals surface area contributed by atoms with Crippen molar-refractivity contribution in [1.29, 1.82) is 5.26 Å². The molecule has 0 saturated heterocycles. The van der Waals surface area contributed by atoms with Crippen molar-refractivity contribution in [3.63, 3.8) is 0 Å². The van der Waals surface area contributed by atoms with Gasteiger partial charge in [0.2, 0.25) is 5.82 Å². The van der Waals surface area contributed by atoms with Crippen LogP contribution in [0.2, 0.25) is 0 Å². The summed E-state index contributed by atoms with van der Waals surface area (Å²) in [5.74, 6) is 0.458. The molecule has 0 bridgehead atoms. The van der Waals surface area contributed by atoms with Crippen molar-refractivity contribution in [2.24, 2.45) is 0 Å². The molecule has 0 saturated carbocycles. The van der Waals surface area contributed by atoms with Gasteiger partial charge in [-0.2, -0.15) is 5.26 Å². The van der Waals surface area contributed by atoms with Crippen LogP contribution in [0.3, 0.4) is 0 Å². The van der Waals surface area contributed by atoms with Gasteiger partial charge in [-0.15, -0.1) is 0 Å². The highest BCUT2D eigenvalue weighted by Crippen LogP contribution is 2.17. The summed E-state index contributed by atoms with van der Waals surface area (Å²) in [6, 6.07) is 20.1. The smallest absolute Gasteiger partial charge is 0.214 e. The highest BCUT2D eigenvalue weighted by atomic mass is 15.1. The Labute approximate surface area is 105 Å². The zero-order valence-electron chi connectivity index (χ0n) is 9.74. The minimum Gasteiger partial charge on any atom is -0.311 e. The Hall–Kier alpha value is -2.60. The fourth-order valence-electron chi connectivity index (χ4n) is 2.09. The number of hydrogen-bond acceptors (Lipinski definition) is 2. The Kier molecular flexibility index (Phi) is 2.54. The van der Waals surface area contributed by atoms with E-state index < -0.39 is 0 Å². The highest BCUT2D eigenvalue weighted by molar-refractivity contribution is 5.76. The number of imidazole rings is 1. The molecule has 0 atom stereocenters. The third-order valence-electron chi connectivity index (χ3n) is 2.94. The second-order valence-corrected chi connectivity index (χ2v) is 4.11. The van der Waals surface area contributed by atoms with Gasteiger partial charge >= 0.3 is 0 Å². The predicted octanol–water partition coefficient (Wildman–Crippen LogP) is 2.96. The van der Waals surface area contributed by atoms with Crippen molar-refractivity contribution in [2.75, 3.05) is 0 Å². The van der Waals surface area contributed by atoms with Crippen LogP contribution in [0.4, 0.5) is 0 Å². The monoisotopic (exact) mass is 233 g/mol. The van der Waals surface area contributed by atoms with E-state index in [1.165, 1.54) is 0 Å². The molecule has 3 rings (SSSR count). The second kappa shape index (κ2) is 4.34. The summed E-state index contributed by atoms with van der Waals surface area (Å²) in [7, 11) is 0. The Balaban J connectivity index is 2.13. The van der Waals surface area contributed by atoms with E-state index in [0.717, 1.165) is 16.6 Å². The normalized spacial score (nSPS) is 10.4. The van der Waals surface area contributed by atoms with Gasteiger partial charge in [-0.1, -0.05) is 42.5 Å². The first-order chi connectivity index (χ1) is 8.88. The average Bonchev–Trinajstić information content (AvgIpc) is 2.78. The van der Waals surface area contributed by atoms with Crippen LogP contribution in [0.15, 0.2) is 54.6 Å². The zero-order chi connectivity index (χ0) is 12.4. The first-order valence-electron chi connectivity index (χ1n) is 5.78. The molecule has 0 N–H and O–H groups in total. The number of aromatic nitrogens is 2. The van der Waals surface area contributed by atoms with Gasteiger partial charge in [0, 0.05) is 0 Å². The predicted molar refractivity (Wildman–Crippen MR) is 70.0 cm³/mol.